The van der Waals surface area contributed by atoms with Gasteiger partial charge in [0.1, 0.15) is 0 Å². The number of anilines is 1. The number of carbonyl (C=O) groups excluding carboxylic acids is 3. The van der Waals surface area contributed by atoms with E-state index in [1.54, 1.807) is 18.3 Å². The van der Waals surface area contributed by atoms with Crippen LogP contribution in [0.4, 0.5) is 5.69 Å². The van der Waals surface area contributed by atoms with Crippen LogP contribution in [0.3, 0.4) is 0 Å². The van der Waals surface area contributed by atoms with Gasteiger partial charge in [0, 0.05) is 50.4 Å². The summed E-state index contributed by atoms with van der Waals surface area (Å²) in [5.41, 5.74) is 9.20. The van der Waals surface area contributed by atoms with Crippen LogP contribution >= 0.6 is 0 Å². The highest BCUT2D eigenvalue weighted by molar-refractivity contribution is 6.01. The molecule has 0 spiro atoms. The third-order valence-corrected chi connectivity index (χ3v) is 8.46. The first-order chi connectivity index (χ1) is 18.0. The van der Waals surface area contributed by atoms with Gasteiger partial charge in [0.2, 0.25) is 11.8 Å². The van der Waals surface area contributed by atoms with Gasteiger partial charge in [-0.05, 0) is 80.8 Å². The molecular weight excluding hydrogens is 466 g/mol. The van der Waals surface area contributed by atoms with E-state index in [2.05, 4.69) is 32.2 Å². The number of amides is 3. The number of hydrogen-bond donors (Lipinski definition) is 2. The van der Waals surface area contributed by atoms with Gasteiger partial charge in [-0.15, -0.1) is 0 Å². The minimum atomic E-state index is -0.380. The summed E-state index contributed by atoms with van der Waals surface area (Å²) in [7, 11) is 0. The minimum Gasteiger partial charge on any atom is -0.369 e. The molecule has 1 unspecified atom stereocenters. The van der Waals surface area contributed by atoms with Crippen LogP contribution in [-0.2, 0) is 9.59 Å². The van der Waals surface area contributed by atoms with Crippen molar-refractivity contribution in [2.24, 2.45) is 11.7 Å². The van der Waals surface area contributed by atoms with E-state index in [1.807, 2.05) is 12.1 Å². The van der Waals surface area contributed by atoms with Gasteiger partial charge in [-0.2, -0.15) is 0 Å². The standard InChI is InChI=1S/C29H37N5O3/c30-28(36)25-2-1-14-31-27(25)22-5-3-20(4-6-22)13-15-33-16-18-34(19-17-33)23-9-7-21(8-10-23)24-11-12-26(35)32-29(24)37/h1-2,7-10,14,20,22,24H,3-6,11-13,15-19H2,(H2,30,36)(H,32,35,37). The number of aromatic nitrogens is 1. The number of piperazine rings is 1. The first kappa shape index (κ1) is 25.4. The fourth-order valence-electron chi connectivity index (χ4n) is 6.20. The van der Waals surface area contributed by atoms with E-state index in [4.69, 9.17) is 5.73 Å². The molecule has 3 N–H and O–H groups in total. The fourth-order valence-corrected chi connectivity index (χ4v) is 6.20. The number of nitrogens with two attached hydrogens (primary N) is 1. The SMILES string of the molecule is NC(=O)c1cccnc1C1CCC(CCN2CCN(c3ccc(C4CCC(=O)NC4=O)cc3)CC2)CC1. The van der Waals surface area contributed by atoms with Crippen LogP contribution in [0.2, 0.25) is 0 Å². The average Bonchev–Trinajstić information content (AvgIpc) is 2.93. The van der Waals surface area contributed by atoms with Gasteiger partial charge in [-0.25, -0.2) is 0 Å². The second-order valence-corrected chi connectivity index (χ2v) is 10.7. The highest BCUT2D eigenvalue weighted by Crippen LogP contribution is 2.37. The lowest BCUT2D eigenvalue weighted by molar-refractivity contribution is -0.134. The highest BCUT2D eigenvalue weighted by Gasteiger charge is 2.29. The van der Waals surface area contributed by atoms with E-state index >= 15 is 0 Å². The zero-order valence-corrected chi connectivity index (χ0v) is 21.4. The number of rotatable bonds is 7. The molecule has 8 nitrogen and oxygen atoms in total. The second kappa shape index (κ2) is 11.4. The summed E-state index contributed by atoms with van der Waals surface area (Å²) in [4.78, 5) is 44.8. The first-order valence-electron chi connectivity index (χ1n) is 13.6. The monoisotopic (exact) mass is 503 g/mol. The first-order valence-corrected chi connectivity index (χ1v) is 13.6. The normalized spacial score (nSPS) is 25.1. The molecule has 3 amide bonds. The van der Waals surface area contributed by atoms with Crippen molar-refractivity contribution in [1.82, 2.24) is 15.2 Å². The molecule has 1 aliphatic carbocycles. The van der Waals surface area contributed by atoms with Crippen LogP contribution < -0.4 is 16.0 Å². The molecule has 2 aromatic rings. The van der Waals surface area contributed by atoms with Gasteiger partial charge in [-0.3, -0.25) is 29.6 Å². The van der Waals surface area contributed by atoms with Crippen molar-refractivity contribution in [3.63, 3.8) is 0 Å². The molecule has 1 atom stereocenters. The van der Waals surface area contributed by atoms with Crippen molar-refractivity contribution in [2.75, 3.05) is 37.6 Å². The number of hydrogen-bond acceptors (Lipinski definition) is 6. The Morgan fingerprint density at radius 2 is 1.70 bits per heavy atom. The Morgan fingerprint density at radius 3 is 2.38 bits per heavy atom. The number of piperidine rings is 1. The Kier molecular flexibility index (Phi) is 7.84. The van der Waals surface area contributed by atoms with Gasteiger partial charge >= 0.3 is 0 Å². The zero-order valence-electron chi connectivity index (χ0n) is 21.4. The molecule has 5 rings (SSSR count). The van der Waals surface area contributed by atoms with E-state index in [1.165, 1.54) is 24.9 Å². The average molecular weight is 504 g/mol. The number of nitrogens with zero attached hydrogens (tertiary/aromatic N) is 3. The molecule has 0 radical (unpaired) electrons. The van der Waals surface area contributed by atoms with Gasteiger partial charge in [0.25, 0.3) is 5.91 Å². The Morgan fingerprint density at radius 1 is 0.973 bits per heavy atom. The van der Waals surface area contributed by atoms with Crippen molar-refractivity contribution in [2.45, 2.75) is 56.8 Å². The van der Waals surface area contributed by atoms with Crippen LogP contribution in [-0.4, -0.2) is 60.3 Å². The zero-order chi connectivity index (χ0) is 25.8. The van der Waals surface area contributed by atoms with E-state index < -0.39 is 0 Å². The predicted octanol–water partition coefficient (Wildman–Crippen LogP) is 3.19. The number of carbonyl (C=O) groups is 3. The van der Waals surface area contributed by atoms with Crippen LogP contribution in [0.5, 0.6) is 0 Å². The fraction of sp³-hybridized carbons (Fsp3) is 0.517. The quantitative estimate of drug-likeness (QED) is 0.562. The third-order valence-electron chi connectivity index (χ3n) is 8.46. The third kappa shape index (κ3) is 6.01. The molecule has 1 aromatic carbocycles. The van der Waals surface area contributed by atoms with Gasteiger partial charge in [0.15, 0.2) is 0 Å². The summed E-state index contributed by atoms with van der Waals surface area (Å²) in [6.07, 6.45) is 8.48. The number of imide groups is 1. The van der Waals surface area contributed by atoms with Crippen LogP contribution in [0.1, 0.15) is 78.4 Å². The summed E-state index contributed by atoms with van der Waals surface area (Å²) < 4.78 is 0. The molecule has 3 aliphatic rings. The molecule has 0 bridgehead atoms. The molecule has 2 saturated heterocycles. The molecule has 37 heavy (non-hydrogen) atoms. The maximum Gasteiger partial charge on any atom is 0.250 e. The van der Waals surface area contributed by atoms with Gasteiger partial charge < -0.3 is 10.6 Å². The van der Waals surface area contributed by atoms with Crippen molar-refractivity contribution in [3.05, 3.63) is 59.4 Å². The lowest BCUT2D eigenvalue weighted by Crippen LogP contribution is -2.47. The van der Waals surface area contributed by atoms with Crippen molar-refractivity contribution in [3.8, 4) is 0 Å². The highest BCUT2D eigenvalue weighted by atomic mass is 16.2. The number of benzene rings is 1. The Balaban J connectivity index is 1.05. The van der Waals surface area contributed by atoms with Gasteiger partial charge in [0.05, 0.1) is 17.2 Å². The smallest absolute Gasteiger partial charge is 0.250 e. The van der Waals surface area contributed by atoms with Crippen molar-refractivity contribution < 1.29 is 14.4 Å². The van der Waals surface area contributed by atoms with E-state index in [9.17, 15) is 14.4 Å². The minimum absolute atomic E-state index is 0.174. The largest absolute Gasteiger partial charge is 0.369 e. The molecule has 1 saturated carbocycles. The molecule has 2 aliphatic heterocycles. The van der Waals surface area contributed by atoms with Crippen LogP contribution in [0.15, 0.2) is 42.6 Å². The Hall–Kier alpha value is -3.26. The van der Waals surface area contributed by atoms with Crippen LogP contribution in [0, 0.1) is 5.92 Å². The van der Waals surface area contributed by atoms with Crippen molar-refractivity contribution in [1.29, 1.82) is 0 Å². The molecular formula is C29H37N5O3. The van der Waals surface area contributed by atoms with Gasteiger partial charge in [-0.1, -0.05) is 12.1 Å². The number of nitrogens with one attached hydrogen (secondary N) is 1. The Bertz CT molecular complexity index is 1120. The molecule has 3 fully saturated rings. The number of pyridine rings is 1. The predicted molar refractivity (Wildman–Crippen MR) is 142 cm³/mol. The maximum absolute atomic E-state index is 12.2. The summed E-state index contributed by atoms with van der Waals surface area (Å²) in [6, 6.07) is 11.9. The number of primary amides is 1. The molecule has 1 aromatic heterocycles. The topological polar surface area (TPSA) is 109 Å². The summed E-state index contributed by atoms with van der Waals surface area (Å²) in [5.74, 6) is 0.104. The summed E-state index contributed by atoms with van der Waals surface area (Å²) in [6.45, 7) is 5.24. The van der Waals surface area contributed by atoms with E-state index in [0.29, 0.717) is 24.3 Å². The maximum atomic E-state index is 12.2. The molecule has 3 heterocycles. The lowest BCUT2D eigenvalue weighted by atomic mass is 9.78. The summed E-state index contributed by atoms with van der Waals surface area (Å²) >= 11 is 0. The molecule has 8 heteroatoms. The second-order valence-electron chi connectivity index (χ2n) is 10.7. The van der Waals surface area contributed by atoms with E-state index in [0.717, 1.165) is 62.7 Å². The van der Waals surface area contributed by atoms with Crippen LogP contribution in [0.25, 0.3) is 0 Å². The van der Waals surface area contributed by atoms with E-state index in [-0.39, 0.29) is 23.6 Å². The molecule has 196 valence electrons. The summed E-state index contributed by atoms with van der Waals surface area (Å²) in [5, 5.41) is 2.45. The lowest BCUT2D eigenvalue weighted by Gasteiger charge is -2.37. The Labute approximate surface area is 218 Å². The van der Waals surface area contributed by atoms with Crippen molar-refractivity contribution >= 4 is 23.4 Å².